The van der Waals surface area contributed by atoms with Crippen molar-refractivity contribution in [2.75, 3.05) is 11.9 Å². The van der Waals surface area contributed by atoms with Gasteiger partial charge in [-0.2, -0.15) is 0 Å². The summed E-state index contributed by atoms with van der Waals surface area (Å²) in [5, 5.41) is 33.6. The van der Waals surface area contributed by atoms with E-state index in [4.69, 9.17) is 4.42 Å². The second kappa shape index (κ2) is 7.47. The van der Waals surface area contributed by atoms with E-state index in [2.05, 4.69) is 17.2 Å². The molecule has 0 saturated heterocycles. The largest absolute Gasteiger partial charge is 0.481 e. The summed E-state index contributed by atoms with van der Waals surface area (Å²) >= 11 is 1.32. The Bertz CT molecular complexity index is 957. The molecule has 4 rings (SSSR count). The van der Waals surface area contributed by atoms with Gasteiger partial charge in [0.15, 0.2) is 10.9 Å². The normalized spacial score (nSPS) is 32.9. The average Bonchev–Trinajstić information content (AvgIpc) is 3.36. The van der Waals surface area contributed by atoms with Crippen molar-refractivity contribution in [2.24, 2.45) is 16.7 Å². The van der Waals surface area contributed by atoms with Gasteiger partial charge in [-0.05, 0) is 42.7 Å². The van der Waals surface area contributed by atoms with Crippen LogP contribution < -0.4 is 5.32 Å². The van der Waals surface area contributed by atoms with Crippen LogP contribution in [0, 0.1) is 16.7 Å². The fourth-order valence-corrected chi connectivity index (χ4v) is 6.50. The quantitative estimate of drug-likeness (QED) is 0.569. The number of thiazole rings is 1. The van der Waals surface area contributed by atoms with Crippen LogP contribution in [0.2, 0.25) is 0 Å². The van der Waals surface area contributed by atoms with Gasteiger partial charge in [0, 0.05) is 16.2 Å². The molecule has 2 aliphatic rings. The lowest BCUT2D eigenvalue weighted by atomic mass is 9.47. The Labute approximate surface area is 177 Å². The summed E-state index contributed by atoms with van der Waals surface area (Å²) in [7, 11) is 0. The Morgan fingerprint density at radius 1 is 1.40 bits per heavy atom. The van der Waals surface area contributed by atoms with Crippen LogP contribution in [0.3, 0.4) is 0 Å². The van der Waals surface area contributed by atoms with Crippen LogP contribution in [-0.4, -0.2) is 44.9 Å². The standard InChI is InChI=1S/C21H26N2O6S/c1-20-6-5-15(25)21(2,10-24)14(20)9-13-17(11(20)8-16(26)27)22-19(30-13)23-18(28)12-4-3-7-29-12/h3-4,7,11,14-15,24-25H,5-6,8-10H2,1-2H3,(H,26,27)(H,22,23,28). The summed E-state index contributed by atoms with van der Waals surface area (Å²) in [6, 6.07) is 3.18. The molecule has 2 aromatic rings. The minimum atomic E-state index is -0.918. The first-order chi connectivity index (χ1) is 14.2. The number of nitrogens with one attached hydrogen (secondary N) is 1. The number of carbonyl (C=O) groups is 2. The number of aliphatic hydroxyl groups is 2. The number of carboxylic acid groups (broad SMARTS) is 1. The fourth-order valence-electron chi connectivity index (χ4n) is 5.44. The first-order valence-corrected chi connectivity index (χ1v) is 10.9. The number of carbonyl (C=O) groups excluding carboxylic acids is 1. The summed E-state index contributed by atoms with van der Waals surface area (Å²) in [5.41, 5.74) is -0.464. The number of anilines is 1. The molecule has 9 heteroatoms. The Kier molecular flexibility index (Phi) is 5.24. The smallest absolute Gasteiger partial charge is 0.304 e. The second-order valence-corrected chi connectivity index (χ2v) is 9.97. The third-order valence-corrected chi connectivity index (χ3v) is 8.25. The van der Waals surface area contributed by atoms with Crippen LogP contribution in [0.25, 0.3) is 0 Å². The van der Waals surface area contributed by atoms with Gasteiger partial charge in [-0.3, -0.25) is 14.9 Å². The van der Waals surface area contributed by atoms with E-state index < -0.39 is 28.8 Å². The highest BCUT2D eigenvalue weighted by Gasteiger charge is 2.59. The fraction of sp³-hybridized carbons (Fsp3) is 0.571. The van der Waals surface area contributed by atoms with E-state index in [-0.39, 0.29) is 30.6 Å². The molecule has 8 nitrogen and oxygen atoms in total. The van der Waals surface area contributed by atoms with Gasteiger partial charge in [-0.15, -0.1) is 11.3 Å². The van der Waals surface area contributed by atoms with E-state index in [0.717, 1.165) is 4.88 Å². The van der Waals surface area contributed by atoms with E-state index in [0.29, 0.717) is 30.1 Å². The van der Waals surface area contributed by atoms with Gasteiger partial charge in [0.05, 0.1) is 31.1 Å². The molecule has 5 unspecified atom stereocenters. The van der Waals surface area contributed by atoms with Crippen LogP contribution >= 0.6 is 11.3 Å². The first kappa shape index (κ1) is 21.0. The number of carboxylic acids is 1. The van der Waals surface area contributed by atoms with E-state index in [9.17, 15) is 24.9 Å². The highest BCUT2D eigenvalue weighted by atomic mass is 32.1. The van der Waals surface area contributed by atoms with Crippen LogP contribution in [0.4, 0.5) is 5.13 Å². The first-order valence-electron chi connectivity index (χ1n) is 10.0. The molecule has 2 aromatic heterocycles. The molecule has 162 valence electrons. The van der Waals surface area contributed by atoms with Gasteiger partial charge in [0.25, 0.3) is 5.91 Å². The van der Waals surface area contributed by atoms with Crippen molar-refractivity contribution >= 4 is 28.3 Å². The Balaban J connectivity index is 1.73. The Morgan fingerprint density at radius 2 is 2.17 bits per heavy atom. The Hall–Kier alpha value is -2.23. The summed E-state index contributed by atoms with van der Waals surface area (Å²) in [6.07, 6.45) is 2.40. The minimum Gasteiger partial charge on any atom is -0.481 e. The number of aromatic nitrogens is 1. The maximum atomic E-state index is 12.4. The number of hydrogen-bond acceptors (Lipinski definition) is 7. The molecule has 0 aromatic carbocycles. The molecular weight excluding hydrogens is 408 g/mol. The second-order valence-electron chi connectivity index (χ2n) is 8.89. The van der Waals surface area contributed by atoms with Gasteiger partial charge >= 0.3 is 5.97 Å². The van der Waals surface area contributed by atoms with Gasteiger partial charge in [-0.1, -0.05) is 13.8 Å². The molecule has 0 radical (unpaired) electrons. The topological polar surface area (TPSA) is 133 Å². The summed E-state index contributed by atoms with van der Waals surface area (Å²) in [4.78, 5) is 29.6. The number of amides is 1. The molecule has 0 aliphatic heterocycles. The number of hydrogen-bond donors (Lipinski definition) is 4. The minimum absolute atomic E-state index is 0.0904. The van der Waals surface area contributed by atoms with Crippen molar-refractivity contribution in [1.82, 2.24) is 4.98 Å². The molecule has 0 bridgehead atoms. The van der Waals surface area contributed by atoms with Crippen molar-refractivity contribution in [2.45, 2.75) is 51.6 Å². The zero-order chi connectivity index (χ0) is 21.7. The molecule has 1 saturated carbocycles. The molecule has 2 aliphatic carbocycles. The van der Waals surface area contributed by atoms with Crippen LogP contribution in [0.1, 0.15) is 60.2 Å². The number of aliphatic hydroxyl groups excluding tert-OH is 2. The van der Waals surface area contributed by atoms with Crippen LogP contribution in [0.5, 0.6) is 0 Å². The number of aliphatic carboxylic acids is 1. The predicted octanol–water partition coefficient (Wildman–Crippen LogP) is 2.88. The molecule has 2 heterocycles. The maximum absolute atomic E-state index is 12.4. The van der Waals surface area contributed by atoms with Gasteiger partial charge in [0.2, 0.25) is 0 Å². The van der Waals surface area contributed by atoms with Crippen LogP contribution in [0.15, 0.2) is 22.8 Å². The zero-order valence-electron chi connectivity index (χ0n) is 16.9. The van der Waals surface area contributed by atoms with E-state index in [1.54, 1.807) is 12.1 Å². The number of rotatable bonds is 5. The van der Waals surface area contributed by atoms with Crippen molar-refractivity contribution < 1.29 is 29.3 Å². The average molecular weight is 435 g/mol. The highest BCUT2D eigenvalue weighted by Crippen LogP contribution is 2.62. The van der Waals surface area contributed by atoms with Gasteiger partial charge in [-0.25, -0.2) is 4.98 Å². The Morgan fingerprint density at radius 3 is 2.80 bits per heavy atom. The summed E-state index contributed by atoms with van der Waals surface area (Å²) in [6.45, 7) is 3.75. The summed E-state index contributed by atoms with van der Waals surface area (Å²) < 4.78 is 5.12. The van der Waals surface area contributed by atoms with Crippen molar-refractivity contribution in [1.29, 1.82) is 0 Å². The summed E-state index contributed by atoms with van der Waals surface area (Å²) in [5.74, 6) is -1.64. The lowest BCUT2D eigenvalue weighted by Gasteiger charge is -2.58. The SMILES string of the molecule is CC1(CO)C(O)CCC2(C)C(CC(=O)O)c3nc(NC(=O)c4ccco4)sc3CC12. The third-order valence-electron chi connectivity index (χ3n) is 7.24. The third kappa shape index (κ3) is 3.25. The molecule has 1 fully saturated rings. The van der Waals surface area contributed by atoms with E-state index in [1.165, 1.54) is 17.6 Å². The molecule has 30 heavy (non-hydrogen) atoms. The maximum Gasteiger partial charge on any atom is 0.304 e. The molecule has 4 N–H and O–H groups in total. The predicted molar refractivity (Wildman–Crippen MR) is 110 cm³/mol. The van der Waals surface area contributed by atoms with Gasteiger partial charge < -0.3 is 19.7 Å². The van der Waals surface area contributed by atoms with Gasteiger partial charge in [0.1, 0.15) is 0 Å². The van der Waals surface area contributed by atoms with Crippen molar-refractivity contribution in [3.63, 3.8) is 0 Å². The van der Waals surface area contributed by atoms with Crippen LogP contribution in [-0.2, 0) is 11.2 Å². The molecule has 0 spiro atoms. The molecule has 1 amide bonds. The molecular formula is C21H26N2O6S. The highest BCUT2D eigenvalue weighted by molar-refractivity contribution is 7.15. The number of furan rings is 1. The van der Waals surface area contributed by atoms with Crippen molar-refractivity contribution in [3.8, 4) is 0 Å². The number of fused-ring (bicyclic) bond motifs is 2. The monoisotopic (exact) mass is 434 g/mol. The van der Waals surface area contributed by atoms with E-state index in [1.807, 2.05) is 6.92 Å². The zero-order valence-corrected chi connectivity index (χ0v) is 17.7. The molecule has 5 atom stereocenters. The van der Waals surface area contributed by atoms with Crippen molar-refractivity contribution in [3.05, 3.63) is 34.7 Å². The number of nitrogens with zero attached hydrogens (tertiary/aromatic N) is 1. The lowest BCUT2D eigenvalue weighted by Crippen LogP contribution is -2.57. The lowest BCUT2D eigenvalue weighted by molar-refractivity contribution is -0.150. The van der Waals surface area contributed by atoms with E-state index >= 15 is 0 Å².